The van der Waals surface area contributed by atoms with E-state index in [4.69, 9.17) is 15.3 Å². The summed E-state index contributed by atoms with van der Waals surface area (Å²) in [4.78, 5) is 28.0. The largest absolute Gasteiger partial charge is 0.516 e. The summed E-state index contributed by atoms with van der Waals surface area (Å²) in [6.45, 7) is 4.60. The highest BCUT2D eigenvalue weighted by molar-refractivity contribution is 5.84. The van der Waals surface area contributed by atoms with Crippen molar-refractivity contribution in [2.24, 2.45) is 0 Å². The maximum atomic E-state index is 9.60. The van der Waals surface area contributed by atoms with Crippen molar-refractivity contribution in [3.05, 3.63) is 12.2 Å². The first-order chi connectivity index (χ1) is 5.77. The van der Waals surface area contributed by atoms with Gasteiger partial charge in [-0.3, -0.25) is 0 Å². The summed E-state index contributed by atoms with van der Waals surface area (Å²) < 4.78 is 3.08. The van der Waals surface area contributed by atoms with Gasteiger partial charge in [-0.1, -0.05) is 6.58 Å². The highest BCUT2D eigenvalue weighted by atomic mass is 16.7. The molecule has 0 aliphatic carbocycles. The van der Waals surface area contributed by atoms with Crippen LogP contribution in [0.5, 0.6) is 0 Å². The standard InChI is InChI=1S/C4H6O2.C2H2O5/c1-3(2)4(5)6;3-1(4)7-2(5)6/h1H2,2H3,(H,5,6);(H,3,4)(H,5,6). The predicted molar refractivity (Wildman–Crippen MR) is 39.6 cm³/mol. The normalized spacial score (nSPS) is 7.46. The number of hydrogen-bond acceptors (Lipinski definition) is 4. The monoisotopic (exact) mass is 192 g/mol. The van der Waals surface area contributed by atoms with E-state index in [1.807, 2.05) is 0 Å². The molecule has 0 unspecified atom stereocenters. The lowest BCUT2D eigenvalue weighted by atomic mass is 10.4. The molecule has 7 nitrogen and oxygen atoms in total. The highest BCUT2D eigenvalue weighted by Gasteiger charge is 2.01. The summed E-state index contributed by atoms with van der Waals surface area (Å²) >= 11 is 0. The summed E-state index contributed by atoms with van der Waals surface area (Å²) in [6.07, 6.45) is -3.62. The van der Waals surface area contributed by atoms with Crippen LogP contribution >= 0.6 is 0 Å². The van der Waals surface area contributed by atoms with Crippen LogP contribution in [0.15, 0.2) is 12.2 Å². The molecule has 13 heavy (non-hydrogen) atoms. The first-order valence-electron chi connectivity index (χ1n) is 2.79. The third kappa shape index (κ3) is 17.8. The zero-order valence-corrected chi connectivity index (χ0v) is 6.68. The lowest BCUT2D eigenvalue weighted by Gasteiger charge is -1.84. The molecule has 7 heteroatoms. The van der Waals surface area contributed by atoms with Gasteiger partial charge in [0.25, 0.3) is 0 Å². The molecule has 0 saturated carbocycles. The fourth-order valence-corrected chi connectivity index (χ4v) is 0.0747. The fourth-order valence-electron chi connectivity index (χ4n) is 0.0747. The quantitative estimate of drug-likeness (QED) is 0.322. The molecule has 3 N–H and O–H groups in total. The SMILES string of the molecule is C=C(C)C(=O)O.O=C(O)OC(=O)O. The smallest absolute Gasteiger partial charge is 0.478 e. The van der Waals surface area contributed by atoms with Gasteiger partial charge in [0.15, 0.2) is 0 Å². The van der Waals surface area contributed by atoms with Gasteiger partial charge in [0.2, 0.25) is 0 Å². The van der Waals surface area contributed by atoms with E-state index < -0.39 is 18.3 Å². The second-order valence-electron chi connectivity index (χ2n) is 1.72. The Balaban J connectivity index is 0. The Morgan fingerprint density at radius 2 is 1.31 bits per heavy atom. The molecule has 0 aliphatic heterocycles. The lowest BCUT2D eigenvalue weighted by molar-refractivity contribution is -0.132. The van der Waals surface area contributed by atoms with E-state index in [2.05, 4.69) is 11.3 Å². The van der Waals surface area contributed by atoms with Crippen LogP contribution in [-0.2, 0) is 9.53 Å². The zero-order valence-electron chi connectivity index (χ0n) is 6.68. The average molecular weight is 192 g/mol. The van der Waals surface area contributed by atoms with Gasteiger partial charge in [-0.25, -0.2) is 14.4 Å². The fraction of sp³-hybridized carbons (Fsp3) is 0.167. The van der Waals surface area contributed by atoms with E-state index in [1.165, 1.54) is 6.92 Å². The van der Waals surface area contributed by atoms with E-state index >= 15 is 0 Å². The summed E-state index contributed by atoms with van der Waals surface area (Å²) in [5.74, 6) is -0.935. The van der Waals surface area contributed by atoms with Gasteiger partial charge in [-0.15, -0.1) is 0 Å². The molecule has 0 radical (unpaired) electrons. The van der Waals surface area contributed by atoms with Crippen LogP contribution in [0.1, 0.15) is 6.92 Å². The number of aliphatic carboxylic acids is 1. The molecular formula is C6H8O7. The van der Waals surface area contributed by atoms with Crippen molar-refractivity contribution >= 4 is 18.3 Å². The van der Waals surface area contributed by atoms with Crippen LogP contribution in [0.3, 0.4) is 0 Å². The van der Waals surface area contributed by atoms with Gasteiger partial charge in [-0.05, 0) is 6.92 Å². The molecule has 0 atom stereocenters. The van der Waals surface area contributed by atoms with E-state index in [-0.39, 0.29) is 5.57 Å². The van der Waals surface area contributed by atoms with Gasteiger partial charge >= 0.3 is 18.3 Å². The molecule has 0 amide bonds. The van der Waals surface area contributed by atoms with Crippen LogP contribution in [0.25, 0.3) is 0 Å². The van der Waals surface area contributed by atoms with Crippen LogP contribution in [-0.4, -0.2) is 33.6 Å². The third-order valence-corrected chi connectivity index (χ3v) is 0.540. The van der Waals surface area contributed by atoms with Crippen molar-refractivity contribution in [1.82, 2.24) is 0 Å². The second-order valence-corrected chi connectivity index (χ2v) is 1.72. The van der Waals surface area contributed by atoms with Gasteiger partial charge in [-0.2, -0.15) is 0 Å². The van der Waals surface area contributed by atoms with Gasteiger partial charge in [0.1, 0.15) is 0 Å². The lowest BCUT2D eigenvalue weighted by Crippen LogP contribution is -2.05. The van der Waals surface area contributed by atoms with Crippen molar-refractivity contribution in [1.29, 1.82) is 0 Å². The Labute approximate surface area is 72.9 Å². The highest BCUT2D eigenvalue weighted by Crippen LogP contribution is 1.81. The van der Waals surface area contributed by atoms with Crippen LogP contribution in [0.2, 0.25) is 0 Å². The Kier molecular flexibility index (Phi) is 6.92. The zero-order chi connectivity index (χ0) is 11.0. The summed E-state index contributed by atoms with van der Waals surface area (Å²) in [6, 6.07) is 0. The van der Waals surface area contributed by atoms with E-state index in [1.54, 1.807) is 0 Å². The van der Waals surface area contributed by atoms with Crippen molar-refractivity contribution in [2.45, 2.75) is 6.92 Å². The van der Waals surface area contributed by atoms with E-state index in [0.717, 1.165) is 0 Å². The molecule has 0 saturated heterocycles. The predicted octanol–water partition coefficient (Wildman–Crippen LogP) is 1.01. The number of carboxylic acids is 1. The minimum Gasteiger partial charge on any atom is -0.478 e. The molecule has 0 fully saturated rings. The summed E-state index contributed by atoms with van der Waals surface area (Å²) in [5, 5.41) is 22.9. The molecule has 0 aromatic rings. The third-order valence-electron chi connectivity index (χ3n) is 0.540. The number of carboxylic acid groups (broad SMARTS) is 3. The van der Waals surface area contributed by atoms with E-state index in [0.29, 0.717) is 0 Å². The molecule has 0 rings (SSSR count). The Morgan fingerprint density at radius 3 is 1.31 bits per heavy atom. The first-order valence-corrected chi connectivity index (χ1v) is 2.79. The molecule has 0 bridgehead atoms. The first kappa shape index (κ1) is 13.5. The Hall–Kier alpha value is -2.05. The van der Waals surface area contributed by atoms with Crippen LogP contribution < -0.4 is 0 Å². The van der Waals surface area contributed by atoms with Gasteiger partial charge in [0, 0.05) is 5.57 Å². The minimum absolute atomic E-state index is 0.176. The Bertz CT molecular complexity index is 205. The van der Waals surface area contributed by atoms with E-state index in [9.17, 15) is 14.4 Å². The number of rotatable bonds is 1. The topological polar surface area (TPSA) is 121 Å². The average Bonchev–Trinajstić information content (AvgIpc) is 1.84. The van der Waals surface area contributed by atoms with Crippen LogP contribution in [0, 0.1) is 0 Å². The van der Waals surface area contributed by atoms with Crippen molar-refractivity contribution in [2.75, 3.05) is 0 Å². The molecular weight excluding hydrogens is 184 g/mol. The van der Waals surface area contributed by atoms with Crippen LogP contribution in [0.4, 0.5) is 9.59 Å². The maximum Gasteiger partial charge on any atom is 0.516 e. The number of hydrogen-bond donors (Lipinski definition) is 3. The molecule has 0 aromatic carbocycles. The molecule has 74 valence electrons. The summed E-state index contributed by atoms with van der Waals surface area (Å²) in [7, 11) is 0. The minimum atomic E-state index is -1.81. The Morgan fingerprint density at radius 1 is 1.08 bits per heavy atom. The van der Waals surface area contributed by atoms with Gasteiger partial charge < -0.3 is 20.1 Å². The molecule has 0 spiro atoms. The van der Waals surface area contributed by atoms with Gasteiger partial charge in [0.05, 0.1) is 0 Å². The number of ether oxygens (including phenoxy) is 1. The second kappa shape index (κ2) is 6.65. The number of carbonyl (C=O) groups is 3. The molecule has 0 aromatic heterocycles. The van der Waals surface area contributed by atoms with Crippen molar-refractivity contribution in [3.63, 3.8) is 0 Å². The van der Waals surface area contributed by atoms with Crippen molar-refractivity contribution < 1.29 is 34.4 Å². The maximum absolute atomic E-state index is 9.60. The molecule has 0 aliphatic rings. The molecule has 0 heterocycles. The summed E-state index contributed by atoms with van der Waals surface area (Å²) in [5.41, 5.74) is 0.176. The van der Waals surface area contributed by atoms with Crippen molar-refractivity contribution in [3.8, 4) is 0 Å².